The molecule has 1 aromatic rings. The summed E-state index contributed by atoms with van der Waals surface area (Å²) in [4.78, 5) is 2.68. The van der Waals surface area contributed by atoms with Crippen molar-refractivity contribution in [3.8, 4) is 0 Å². The molecule has 0 saturated carbocycles. The molecule has 0 amide bonds. The third-order valence-corrected chi connectivity index (χ3v) is 4.19. The maximum atomic E-state index is 3.59. The second kappa shape index (κ2) is 7.66. The molecule has 1 saturated heterocycles. The summed E-state index contributed by atoms with van der Waals surface area (Å²) in [6.45, 7) is 9.13. The second-order valence-electron chi connectivity index (χ2n) is 5.75. The zero-order valence-corrected chi connectivity index (χ0v) is 12.5. The molecule has 2 rings (SSSR count). The molecule has 1 aliphatic rings. The molecule has 1 fully saturated rings. The lowest BCUT2D eigenvalue weighted by atomic mass is 10.00. The monoisotopic (exact) mass is 260 g/mol. The van der Waals surface area contributed by atoms with E-state index in [1.54, 1.807) is 0 Å². The average molecular weight is 260 g/mol. The predicted octanol–water partition coefficient (Wildman–Crippen LogP) is 3.35. The van der Waals surface area contributed by atoms with Crippen molar-refractivity contribution in [1.82, 2.24) is 10.2 Å². The molecule has 0 radical (unpaired) electrons. The summed E-state index contributed by atoms with van der Waals surface area (Å²) < 4.78 is 0. The van der Waals surface area contributed by atoms with E-state index >= 15 is 0 Å². The first kappa shape index (κ1) is 14.5. The van der Waals surface area contributed by atoms with Gasteiger partial charge in [-0.2, -0.15) is 0 Å². The van der Waals surface area contributed by atoms with Crippen LogP contribution in [0.2, 0.25) is 0 Å². The first-order valence-electron chi connectivity index (χ1n) is 7.80. The predicted molar refractivity (Wildman–Crippen MR) is 82.4 cm³/mol. The van der Waals surface area contributed by atoms with Crippen molar-refractivity contribution in [2.75, 3.05) is 19.6 Å². The number of nitrogens with zero attached hydrogens (tertiary/aromatic N) is 1. The molecule has 1 aliphatic heterocycles. The fraction of sp³-hybridized carbons (Fsp3) is 0.647. The number of aryl methyl sites for hydroxylation is 1. The minimum Gasteiger partial charge on any atom is -0.315 e. The molecule has 2 heteroatoms. The van der Waals surface area contributed by atoms with Crippen molar-refractivity contribution in [2.45, 2.75) is 52.1 Å². The third-order valence-electron chi connectivity index (χ3n) is 4.19. The zero-order valence-electron chi connectivity index (χ0n) is 12.5. The fourth-order valence-electron chi connectivity index (χ4n) is 2.95. The Labute approximate surface area is 118 Å². The largest absolute Gasteiger partial charge is 0.315 e. The maximum Gasteiger partial charge on any atom is 0.0239 e. The average Bonchev–Trinajstić information content (AvgIpc) is 2.43. The van der Waals surface area contributed by atoms with E-state index in [0.29, 0.717) is 0 Å². The Morgan fingerprint density at radius 3 is 2.89 bits per heavy atom. The van der Waals surface area contributed by atoms with Gasteiger partial charge in [0.2, 0.25) is 0 Å². The molecule has 1 N–H and O–H groups in total. The molecule has 1 aromatic carbocycles. The summed E-state index contributed by atoms with van der Waals surface area (Å²) >= 11 is 0. The Kier molecular flexibility index (Phi) is 5.87. The number of benzene rings is 1. The van der Waals surface area contributed by atoms with Gasteiger partial charge in [0.1, 0.15) is 0 Å². The number of rotatable bonds is 6. The first-order valence-corrected chi connectivity index (χ1v) is 7.80. The lowest BCUT2D eigenvalue weighted by Gasteiger charge is -2.36. The standard InChI is InChI=1S/C17H28N2/c1-3-11-18-13-17-10-6-7-12-19(17)14-16-9-5-4-8-15(16)2/h4-5,8-9,17-18H,3,6-7,10-14H2,1-2H3. The van der Waals surface area contributed by atoms with Crippen molar-refractivity contribution in [3.63, 3.8) is 0 Å². The Morgan fingerprint density at radius 1 is 1.26 bits per heavy atom. The Morgan fingerprint density at radius 2 is 2.11 bits per heavy atom. The number of hydrogen-bond acceptors (Lipinski definition) is 2. The van der Waals surface area contributed by atoms with Crippen LogP contribution in [0.25, 0.3) is 0 Å². The van der Waals surface area contributed by atoms with Crippen LogP contribution >= 0.6 is 0 Å². The lowest BCUT2D eigenvalue weighted by molar-refractivity contribution is 0.137. The highest BCUT2D eigenvalue weighted by molar-refractivity contribution is 5.25. The van der Waals surface area contributed by atoms with E-state index in [9.17, 15) is 0 Å². The van der Waals surface area contributed by atoms with Crippen LogP contribution in [0.4, 0.5) is 0 Å². The summed E-state index contributed by atoms with van der Waals surface area (Å²) in [5.74, 6) is 0. The van der Waals surface area contributed by atoms with Gasteiger partial charge in [-0.1, -0.05) is 37.6 Å². The van der Waals surface area contributed by atoms with E-state index < -0.39 is 0 Å². The molecule has 1 heterocycles. The van der Waals surface area contributed by atoms with Crippen LogP contribution in [0.5, 0.6) is 0 Å². The summed E-state index contributed by atoms with van der Waals surface area (Å²) in [6, 6.07) is 9.52. The lowest BCUT2D eigenvalue weighted by Crippen LogP contribution is -2.45. The Bertz CT molecular complexity index is 375. The van der Waals surface area contributed by atoms with Gasteiger partial charge in [-0.25, -0.2) is 0 Å². The van der Waals surface area contributed by atoms with E-state index in [-0.39, 0.29) is 0 Å². The molecule has 0 aromatic heterocycles. The summed E-state index contributed by atoms with van der Waals surface area (Å²) in [6.07, 6.45) is 5.33. The highest BCUT2D eigenvalue weighted by Gasteiger charge is 2.22. The normalized spacial score (nSPS) is 20.6. The molecule has 1 unspecified atom stereocenters. The van der Waals surface area contributed by atoms with E-state index in [4.69, 9.17) is 0 Å². The van der Waals surface area contributed by atoms with Gasteiger partial charge in [-0.05, 0) is 50.4 Å². The first-order chi connectivity index (χ1) is 9.31. The number of piperidine rings is 1. The van der Waals surface area contributed by atoms with Gasteiger partial charge in [0, 0.05) is 19.1 Å². The van der Waals surface area contributed by atoms with Crippen LogP contribution in [-0.2, 0) is 6.54 Å². The number of hydrogen-bond donors (Lipinski definition) is 1. The highest BCUT2D eigenvalue weighted by Crippen LogP contribution is 2.20. The smallest absolute Gasteiger partial charge is 0.0239 e. The van der Waals surface area contributed by atoms with Gasteiger partial charge in [0.15, 0.2) is 0 Å². The summed E-state index contributed by atoms with van der Waals surface area (Å²) in [5.41, 5.74) is 2.92. The van der Waals surface area contributed by atoms with E-state index in [2.05, 4.69) is 48.3 Å². The minimum absolute atomic E-state index is 0.722. The second-order valence-corrected chi connectivity index (χ2v) is 5.75. The van der Waals surface area contributed by atoms with E-state index in [0.717, 1.165) is 25.7 Å². The summed E-state index contributed by atoms with van der Waals surface area (Å²) in [5, 5.41) is 3.59. The fourth-order valence-corrected chi connectivity index (χ4v) is 2.95. The van der Waals surface area contributed by atoms with Crippen LogP contribution in [0.3, 0.4) is 0 Å². The van der Waals surface area contributed by atoms with Crippen molar-refractivity contribution in [1.29, 1.82) is 0 Å². The summed E-state index contributed by atoms with van der Waals surface area (Å²) in [7, 11) is 0. The van der Waals surface area contributed by atoms with Crippen LogP contribution < -0.4 is 5.32 Å². The molecular weight excluding hydrogens is 232 g/mol. The SMILES string of the molecule is CCCNCC1CCCCN1Cc1ccccc1C. The van der Waals surface area contributed by atoms with Crippen molar-refractivity contribution in [2.24, 2.45) is 0 Å². The molecule has 19 heavy (non-hydrogen) atoms. The van der Waals surface area contributed by atoms with Crippen molar-refractivity contribution in [3.05, 3.63) is 35.4 Å². The molecule has 2 nitrogen and oxygen atoms in total. The van der Waals surface area contributed by atoms with Crippen molar-refractivity contribution < 1.29 is 0 Å². The third kappa shape index (κ3) is 4.32. The minimum atomic E-state index is 0.722. The van der Waals surface area contributed by atoms with Gasteiger partial charge < -0.3 is 5.32 Å². The van der Waals surface area contributed by atoms with Gasteiger partial charge >= 0.3 is 0 Å². The molecular formula is C17H28N2. The molecule has 106 valence electrons. The molecule has 0 spiro atoms. The van der Waals surface area contributed by atoms with E-state index in [1.807, 2.05) is 0 Å². The van der Waals surface area contributed by atoms with Gasteiger partial charge in [0.05, 0.1) is 0 Å². The van der Waals surface area contributed by atoms with Crippen LogP contribution in [0.1, 0.15) is 43.7 Å². The topological polar surface area (TPSA) is 15.3 Å². The molecule has 0 bridgehead atoms. The van der Waals surface area contributed by atoms with Crippen molar-refractivity contribution >= 4 is 0 Å². The van der Waals surface area contributed by atoms with E-state index in [1.165, 1.54) is 43.4 Å². The molecule has 0 aliphatic carbocycles. The molecule has 1 atom stereocenters. The van der Waals surface area contributed by atoms with Crippen LogP contribution in [0.15, 0.2) is 24.3 Å². The highest BCUT2D eigenvalue weighted by atomic mass is 15.2. The quantitative estimate of drug-likeness (QED) is 0.789. The van der Waals surface area contributed by atoms with Gasteiger partial charge in [-0.3, -0.25) is 4.90 Å². The maximum absolute atomic E-state index is 3.59. The number of nitrogens with one attached hydrogen (secondary N) is 1. The number of likely N-dealkylation sites (tertiary alicyclic amines) is 1. The zero-order chi connectivity index (χ0) is 13.5. The van der Waals surface area contributed by atoms with Crippen LogP contribution in [-0.4, -0.2) is 30.6 Å². The van der Waals surface area contributed by atoms with Gasteiger partial charge in [-0.15, -0.1) is 0 Å². The Balaban J connectivity index is 1.93. The Hall–Kier alpha value is -0.860. The van der Waals surface area contributed by atoms with Crippen LogP contribution in [0, 0.1) is 6.92 Å². The van der Waals surface area contributed by atoms with Gasteiger partial charge in [0.25, 0.3) is 0 Å².